The third kappa shape index (κ3) is 3.03. The summed E-state index contributed by atoms with van der Waals surface area (Å²) >= 11 is 0. The molecular weight excluding hydrogens is 258 g/mol. The van der Waals surface area contributed by atoms with Gasteiger partial charge in [-0.2, -0.15) is 5.10 Å². The summed E-state index contributed by atoms with van der Waals surface area (Å²) in [5.41, 5.74) is 2.17. The summed E-state index contributed by atoms with van der Waals surface area (Å²) in [6.45, 7) is 2.08. The molecule has 0 saturated carbocycles. The molecule has 0 atom stereocenters. The van der Waals surface area contributed by atoms with Gasteiger partial charge in [0.2, 0.25) is 0 Å². The zero-order valence-electron chi connectivity index (χ0n) is 11.3. The monoisotopic (exact) mass is 273 g/mol. The van der Waals surface area contributed by atoms with Crippen LogP contribution in [-0.4, -0.2) is 26.8 Å². The largest absolute Gasteiger partial charge is 0.478 e. The van der Waals surface area contributed by atoms with Crippen molar-refractivity contribution in [2.75, 3.05) is 0 Å². The number of aryl methyl sites for hydroxylation is 2. The molecule has 0 bridgehead atoms. The molecule has 2 aromatic rings. The second kappa shape index (κ2) is 5.56. The Bertz CT molecular complexity index is 661. The van der Waals surface area contributed by atoms with Gasteiger partial charge in [0.25, 0.3) is 5.91 Å². The molecule has 1 heterocycles. The van der Waals surface area contributed by atoms with E-state index in [1.165, 1.54) is 16.8 Å². The molecule has 6 heteroatoms. The van der Waals surface area contributed by atoms with Crippen molar-refractivity contribution in [3.63, 3.8) is 0 Å². The van der Waals surface area contributed by atoms with E-state index in [9.17, 15) is 9.59 Å². The maximum Gasteiger partial charge on any atom is 0.335 e. The van der Waals surface area contributed by atoms with Gasteiger partial charge >= 0.3 is 5.97 Å². The van der Waals surface area contributed by atoms with E-state index in [0.717, 1.165) is 11.3 Å². The number of hydrogen-bond acceptors (Lipinski definition) is 3. The van der Waals surface area contributed by atoms with E-state index < -0.39 is 5.97 Å². The van der Waals surface area contributed by atoms with Gasteiger partial charge < -0.3 is 10.4 Å². The Hall–Kier alpha value is -2.63. The standard InChI is InChI=1S/C14H15N3O3/c1-9-6-12(17(2)16-9)13(18)15-8-10-4-3-5-11(7-10)14(19)20/h3-7H,8H2,1-2H3,(H,15,18)(H,19,20). The number of aromatic carboxylic acids is 1. The van der Waals surface area contributed by atoms with Crippen molar-refractivity contribution in [2.24, 2.45) is 7.05 Å². The highest BCUT2D eigenvalue weighted by atomic mass is 16.4. The Balaban J connectivity index is 2.05. The van der Waals surface area contributed by atoms with Crippen LogP contribution in [0.3, 0.4) is 0 Å². The maximum absolute atomic E-state index is 12.0. The van der Waals surface area contributed by atoms with E-state index >= 15 is 0 Å². The molecule has 2 N–H and O–H groups in total. The van der Waals surface area contributed by atoms with Crippen LogP contribution >= 0.6 is 0 Å². The minimum absolute atomic E-state index is 0.202. The SMILES string of the molecule is Cc1cc(C(=O)NCc2cccc(C(=O)O)c2)n(C)n1. The number of nitrogens with zero attached hydrogens (tertiary/aromatic N) is 2. The van der Waals surface area contributed by atoms with Gasteiger partial charge in [-0.15, -0.1) is 0 Å². The van der Waals surface area contributed by atoms with Crippen LogP contribution in [-0.2, 0) is 13.6 Å². The summed E-state index contributed by atoms with van der Waals surface area (Å²) in [6.07, 6.45) is 0. The molecule has 20 heavy (non-hydrogen) atoms. The van der Waals surface area contributed by atoms with Crippen LogP contribution in [0.2, 0.25) is 0 Å². The normalized spacial score (nSPS) is 10.3. The molecule has 0 unspecified atom stereocenters. The number of rotatable bonds is 4. The Morgan fingerprint density at radius 3 is 2.70 bits per heavy atom. The highest BCUT2D eigenvalue weighted by molar-refractivity contribution is 5.92. The summed E-state index contributed by atoms with van der Waals surface area (Å²) in [5, 5.41) is 15.8. The molecule has 104 valence electrons. The summed E-state index contributed by atoms with van der Waals surface area (Å²) < 4.78 is 1.51. The lowest BCUT2D eigenvalue weighted by atomic mass is 10.1. The maximum atomic E-state index is 12.0. The van der Waals surface area contributed by atoms with Gasteiger partial charge in [0.15, 0.2) is 0 Å². The Kier molecular flexibility index (Phi) is 3.84. The molecule has 0 radical (unpaired) electrons. The smallest absolute Gasteiger partial charge is 0.335 e. The first-order valence-corrected chi connectivity index (χ1v) is 6.08. The van der Waals surface area contributed by atoms with Crippen LogP contribution < -0.4 is 5.32 Å². The lowest BCUT2D eigenvalue weighted by Gasteiger charge is -2.06. The molecule has 1 aromatic heterocycles. The zero-order valence-corrected chi connectivity index (χ0v) is 11.3. The number of nitrogens with one attached hydrogen (secondary N) is 1. The van der Waals surface area contributed by atoms with Crippen molar-refractivity contribution in [1.82, 2.24) is 15.1 Å². The van der Waals surface area contributed by atoms with Gasteiger partial charge in [0.05, 0.1) is 11.3 Å². The van der Waals surface area contributed by atoms with Crippen molar-refractivity contribution in [3.8, 4) is 0 Å². The van der Waals surface area contributed by atoms with Crippen molar-refractivity contribution in [3.05, 3.63) is 52.8 Å². The average Bonchev–Trinajstić information content (AvgIpc) is 2.75. The fraction of sp³-hybridized carbons (Fsp3) is 0.214. The summed E-state index contributed by atoms with van der Waals surface area (Å²) in [4.78, 5) is 22.8. The lowest BCUT2D eigenvalue weighted by Crippen LogP contribution is -2.25. The van der Waals surface area contributed by atoms with E-state index in [4.69, 9.17) is 5.11 Å². The quantitative estimate of drug-likeness (QED) is 0.880. The van der Waals surface area contributed by atoms with E-state index in [-0.39, 0.29) is 18.0 Å². The highest BCUT2D eigenvalue weighted by Crippen LogP contribution is 2.06. The van der Waals surface area contributed by atoms with Crippen LogP contribution in [0.25, 0.3) is 0 Å². The third-order valence-electron chi connectivity index (χ3n) is 2.86. The van der Waals surface area contributed by atoms with Gasteiger partial charge in [0, 0.05) is 13.6 Å². The van der Waals surface area contributed by atoms with Crippen LogP contribution in [0, 0.1) is 6.92 Å². The number of amides is 1. The van der Waals surface area contributed by atoms with Crippen molar-refractivity contribution in [2.45, 2.75) is 13.5 Å². The molecule has 0 aliphatic heterocycles. The molecule has 1 aromatic carbocycles. The van der Waals surface area contributed by atoms with Gasteiger partial charge in [-0.05, 0) is 30.7 Å². The molecule has 0 spiro atoms. The predicted molar refractivity (Wildman–Crippen MR) is 72.5 cm³/mol. The van der Waals surface area contributed by atoms with Gasteiger partial charge in [-0.25, -0.2) is 4.79 Å². The molecule has 0 aliphatic carbocycles. The van der Waals surface area contributed by atoms with Crippen LogP contribution in [0.1, 0.15) is 32.1 Å². The number of carbonyl (C=O) groups excluding carboxylic acids is 1. The summed E-state index contributed by atoms with van der Waals surface area (Å²) in [5.74, 6) is -1.23. The summed E-state index contributed by atoms with van der Waals surface area (Å²) in [6, 6.07) is 8.17. The van der Waals surface area contributed by atoms with E-state index in [2.05, 4.69) is 10.4 Å². The molecule has 0 fully saturated rings. The first-order chi connectivity index (χ1) is 9.47. The Morgan fingerprint density at radius 1 is 1.35 bits per heavy atom. The fourth-order valence-electron chi connectivity index (χ4n) is 1.91. The fourth-order valence-corrected chi connectivity index (χ4v) is 1.91. The molecular formula is C14H15N3O3. The number of hydrogen-bond donors (Lipinski definition) is 2. The van der Waals surface area contributed by atoms with Crippen molar-refractivity contribution in [1.29, 1.82) is 0 Å². The minimum atomic E-state index is -0.986. The number of benzene rings is 1. The predicted octanol–water partition coefficient (Wildman–Crippen LogP) is 1.36. The van der Waals surface area contributed by atoms with E-state index in [1.807, 2.05) is 6.92 Å². The molecule has 0 aliphatic rings. The first-order valence-electron chi connectivity index (χ1n) is 6.08. The molecule has 0 saturated heterocycles. The highest BCUT2D eigenvalue weighted by Gasteiger charge is 2.11. The zero-order chi connectivity index (χ0) is 14.7. The molecule has 6 nitrogen and oxygen atoms in total. The van der Waals surface area contributed by atoms with Gasteiger partial charge in [-0.3, -0.25) is 9.48 Å². The number of carboxylic acid groups (broad SMARTS) is 1. The molecule has 2 rings (SSSR count). The van der Waals surface area contributed by atoms with E-state index in [1.54, 1.807) is 25.2 Å². The van der Waals surface area contributed by atoms with Gasteiger partial charge in [-0.1, -0.05) is 12.1 Å². The second-order valence-corrected chi connectivity index (χ2v) is 4.48. The van der Waals surface area contributed by atoms with Crippen LogP contribution in [0.15, 0.2) is 30.3 Å². The Morgan fingerprint density at radius 2 is 2.10 bits per heavy atom. The Labute approximate surface area is 116 Å². The second-order valence-electron chi connectivity index (χ2n) is 4.48. The van der Waals surface area contributed by atoms with Crippen molar-refractivity contribution < 1.29 is 14.7 Å². The van der Waals surface area contributed by atoms with Crippen LogP contribution in [0.4, 0.5) is 0 Å². The number of aromatic nitrogens is 2. The van der Waals surface area contributed by atoms with Crippen LogP contribution in [0.5, 0.6) is 0 Å². The summed E-state index contributed by atoms with van der Waals surface area (Å²) in [7, 11) is 1.70. The first kappa shape index (κ1) is 13.8. The number of carboxylic acids is 1. The topological polar surface area (TPSA) is 84.2 Å². The minimum Gasteiger partial charge on any atom is -0.478 e. The van der Waals surface area contributed by atoms with E-state index in [0.29, 0.717) is 5.69 Å². The third-order valence-corrected chi connectivity index (χ3v) is 2.86. The van der Waals surface area contributed by atoms with Crippen molar-refractivity contribution >= 4 is 11.9 Å². The van der Waals surface area contributed by atoms with Gasteiger partial charge in [0.1, 0.15) is 5.69 Å². The molecule has 1 amide bonds. The number of carbonyl (C=O) groups is 2. The average molecular weight is 273 g/mol. The lowest BCUT2D eigenvalue weighted by molar-refractivity contribution is 0.0696.